The van der Waals surface area contributed by atoms with Gasteiger partial charge in [0, 0.05) is 17.8 Å². The smallest absolute Gasteiger partial charge is 0.118 e. The Kier molecular flexibility index (Phi) is 6.21. The number of rotatable bonds is 8. The van der Waals surface area contributed by atoms with Gasteiger partial charge < -0.3 is 10.1 Å². The van der Waals surface area contributed by atoms with Gasteiger partial charge >= 0.3 is 0 Å². The summed E-state index contributed by atoms with van der Waals surface area (Å²) >= 11 is 1.73. The van der Waals surface area contributed by atoms with Gasteiger partial charge in [0.2, 0.25) is 0 Å². The maximum atomic E-state index is 5.20. The van der Waals surface area contributed by atoms with Gasteiger partial charge in [-0.3, -0.25) is 0 Å². The van der Waals surface area contributed by atoms with Gasteiger partial charge in [-0.05, 0) is 44.0 Å². The number of thiazole rings is 1. The molecule has 0 radical (unpaired) electrons. The summed E-state index contributed by atoms with van der Waals surface area (Å²) in [6, 6.07) is 8.84. The molecule has 0 aliphatic carbocycles. The van der Waals surface area contributed by atoms with Gasteiger partial charge in [0.1, 0.15) is 5.75 Å². The fraction of sp³-hybridized carbons (Fsp3) is 0.471. The van der Waals surface area contributed by atoms with Crippen LogP contribution in [0.4, 0.5) is 0 Å². The lowest BCUT2D eigenvalue weighted by atomic mass is 10.0. The van der Waals surface area contributed by atoms with Gasteiger partial charge in [0.05, 0.1) is 17.8 Å². The van der Waals surface area contributed by atoms with E-state index >= 15 is 0 Å². The molecule has 0 aliphatic rings. The molecule has 0 saturated carbocycles. The molecule has 1 atom stereocenters. The summed E-state index contributed by atoms with van der Waals surface area (Å²) in [7, 11) is 1.70. The number of methoxy groups -OCH3 is 1. The fourth-order valence-electron chi connectivity index (χ4n) is 2.45. The van der Waals surface area contributed by atoms with Crippen molar-refractivity contribution in [2.45, 2.75) is 39.2 Å². The number of hydrogen-bond donors (Lipinski definition) is 1. The number of aromatic nitrogens is 1. The molecule has 21 heavy (non-hydrogen) atoms. The summed E-state index contributed by atoms with van der Waals surface area (Å²) in [6.07, 6.45) is 3.20. The van der Waals surface area contributed by atoms with Crippen LogP contribution in [0.25, 0.3) is 0 Å². The summed E-state index contributed by atoms with van der Waals surface area (Å²) in [6.45, 7) is 5.22. The Balaban J connectivity index is 1.89. The summed E-state index contributed by atoms with van der Waals surface area (Å²) in [5.41, 5.74) is 2.56. The Labute approximate surface area is 131 Å². The second kappa shape index (κ2) is 8.15. The average molecular weight is 304 g/mol. The molecule has 0 bridgehead atoms. The first kappa shape index (κ1) is 16.0. The highest BCUT2D eigenvalue weighted by molar-refractivity contribution is 7.09. The Morgan fingerprint density at radius 1 is 1.29 bits per heavy atom. The number of nitrogens with zero attached hydrogens (tertiary/aromatic N) is 1. The van der Waals surface area contributed by atoms with Crippen LogP contribution < -0.4 is 10.1 Å². The summed E-state index contributed by atoms with van der Waals surface area (Å²) < 4.78 is 5.20. The highest BCUT2D eigenvalue weighted by Crippen LogP contribution is 2.15. The van der Waals surface area contributed by atoms with E-state index in [4.69, 9.17) is 4.74 Å². The quantitative estimate of drug-likeness (QED) is 0.809. The number of hydrogen-bond acceptors (Lipinski definition) is 4. The molecule has 0 amide bonds. The van der Waals surface area contributed by atoms with Crippen LogP contribution in [0.15, 0.2) is 29.6 Å². The molecule has 0 aliphatic heterocycles. The van der Waals surface area contributed by atoms with Crippen molar-refractivity contribution >= 4 is 11.3 Å². The molecule has 1 N–H and O–H groups in total. The van der Waals surface area contributed by atoms with Crippen LogP contribution in [-0.4, -0.2) is 24.7 Å². The molecule has 1 unspecified atom stereocenters. The zero-order chi connectivity index (χ0) is 15.1. The van der Waals surface area contributed by atoms with Gasteiger partial charge in [-0.15, -0.1) is 11.3 Å². The molecule has 2 rings (SSSR count). The van der Waals surface area contributed by atoms with Crippen molar-refractivity contribution in [3.05, 3.63) is 45.9 Å². The van der Waals surface area contributed by atoms with E-state index in [1.54, 1.807) is 18.4 Å². The Bertz CT molecular complexity index is 536. The van der Waals surface area contributed by atoms with E-state index in [1.807, 2.05) is 12.1 Å². The van der Waals surface area contributed by atoms with Gasteiger partial charge in [0.25, 0.3) is 0 Å². The van der Waals surface area contributed by atoms with Gasteiger partial charge in [-0.1, -0.05) is 19.1 Å². The van der Waals surface area contributed by atoms with E-state index in [0.29, 0.717) is 6.04 Å². The normalized spacial score (nSPS) is 12.3. The van der Waals surface area contributed by atoms with E-state index in [-0.39, 0.29) is 0 Å². The molecule has 2 aromatic rings. The minimum atomic E-state index is 0.485. The lowest BCUT2D eigenvalue weighted by Gasteiger charge is -2.17. The fourth-order valence-corrected chi connectivity index (χ4v) is 3.08. The molecule has 0 saturated heterocycles. The van der Waals surface area contributed by atoms with Crippen LogP contribution in [-0.2, 0) is 12.8 Å². The second-order valence-corrected chi connectivity index (χ2v) is 6.27. The van der Waals surface area contributed by atoms with Gasteiger partial charge in [0.15, 0.2) is 0 Å². The third-order valence-electron chi connectivity index (χ3n) is 3.56. The van der Waals surface area contributed by atoms with Crippen molar-refractivity contribution in [3.8, 4) is 5.75 Å². The van der Waals surface area contributed by atoms with Crippen LogP contribution in [0.3, 0.4) is 0 Å². The standard InChI is InChI=1S/C17H24N2OS/c1-4-18-15(11-16-12-21-13(2)19-16)8-5-14-6-9-17(20-3)10-7-14/h6-7,9-10,12,15,18H,4-5,8,11H2,1-3H3. The molecule has 114 valence electrons. The van der Waals surface area contributed by atoms with E-state index < -0.39 is 0 Å². The van der Waals surface area contributed by atoms with Gasteiger partial charge in [-0.25, -0.2) is 4.98 Å². The SMILES string of the molecule is CCNC(CCc1ccc(OC)cc1)Cc1csc(C)n1. The molecule has 0 fully saturated rings. The van der Waals surface area contributed by atoms with E-state index in [9.17, 15) is 0 Å². The minimum absolute atomic E-state index is 0.485. The number of ether oxygens (including phenoxy) is 1. The first-order valence-corrected chi connectivity index (χ1v) is 8.36. The lowest BCUT2D eigenvalue weighted by molar-refractivity contribution is 0.414. The molecule has 3 nitrogen and oxygen atoms in total. The van der Waals surface area contributed by atoms with Crippen molar-refractivity contribution in [2.75, 3.05) is 13.7 Å². The highest BCUT2D eigenvalue weighted by atomic mass is 32.1. The molecular formula is C17H24N2OS. The van der Waals surface area contributed by atoms with Crippen molar-refractivity contribution < 1.29 is 4.74 Å². The molecule has 0 spiro atoms. The predicted octanol–water partition coefficient (Wildman–Crippen LogP) is 3.61. The lowest BCUT2D eigenvalue weighted by Crippen LogP contribution is -2.31. The molecule has 1 aromatic carbocycles. The summed E-state index contributed by atoms with van der Waals surface area (Å²) in [5.74, 6) is 0.917. The molecule has 1 aromatic heterocycles. The van der Waals surface area contributed by atoms with Crippen molar-refractivity contribution in [2.24, 2.45) is 0 Å². The maximum Gasteiger partial charge on any atom is 0.118 e. The predicted molar refractivity (Wildman–Crippen MR) is 89.3 cm³/mol. The third kappa shape index (κ3) is 5.14. The van der Waals surface area contributed by atoms with Crippen molar-refractivity contribution in [1.82, 2.24) is 10.3 Å². The van der Waals surface area contributed by atoms with Crippen LogP contribution in [0.2, 0.25) is 0 Å². The van der Waals surface area contributed by atoms with E-state index in [1.165, 1.54) is 11.3 Å². The van der Waals surface area contributed by atoms with Gasteiger partial charge in [-0.2, -0.15) is 0 Å². The van der Waals surface area contributed by atoms with Crippen molar-refractivity contribution in [3.63, 3.8) is 0 Å². The Hall–Kier alpha value is -1.39. The largest absolute Gasteiger partial charge is 0.497 e. The van der Waals surface area contributed by atoms with Crippen LogP contribution in [0, 0.1) is 6.92 Å². The maximum absolute atomic E-state index is 5.20. The van der Waals surface area contributed by atoms with E-state index in [0.717, 1.165) is 36.6 Å². The summed E-state index contributed by atoms with van der Waals surface area (Å²) in [5, 5.41) is 6.90. The third-order valence-corrected chi connectivity index (χ3v) is 4.38. The average Bonchev–Trinajstić information content (AvgIpc) is 2.91. The Morgan fingerprint density at radius 2 is 2.05 bits per heavy atom. The molecule has 4 heteroatoms. The first-order chi connectivity index (χ1) is 10.2. The zero-order valence-corrected chi connectivity index (χ0v) is 13.9. The zero-order valence-electron chi connectivity index (χ0n) is 13.1. The second-order valence-electron chi connectivity index (χ2n) is 5.20. The summed E-state index contributed by atoms with van der Waals surface area (Å²) in [4.78, 5) is 4.57. The molecule has 1 heterocycles. The topological polar surface area (TPSA) is 34.1 Å². The van der Waals surface area contributed by atoms with Crippen molar-refractivity contribution in [1.29, 1.82) is 0 Å². The number of likely N-dealkylation sites (N-methyl/N-ethyl adjacent to an activating group) is 1. The van der Waals surface area contributed by atoms with Crippen LogP contribution in [0.5, 0.6) is 5.75 Å². The monoisotopic (exact) mass is 304 g/mol. The highest BCUT2D eigenvalue weighted by Gasteiger charge is 2.10. The van der Waals surface area contributed by atoms with E-state index in [2.05, 4.69) is 41.7 Å². The Morgan fingerprint density at radius 3 is 2.62 bits per heavy atom. The number of benzene rings is 1. The number of aryl methyl sites for hydroxylation is 2. The number of nitrogens with one attached hydrogen (secondary N) is 1. The minimum Gasteiger partial charge on any atom is -0.497 e. The molecular weight excluding hydrogens is 280 g/mol. The van der Waals surface area contributed by atoms with Crippen LogP contribution >= 0.6 is 11.3 Å². The van der Waals surface area contributed by atoms with Crippen LogP contribution in [0.1, 0.15) is 29.6 Å². The first-order valence-electron chi connectivity index (χ1n) is 7.48.